The second kappa shape index (κ2) is 9.45. The van der Waals surface area contributed by atoms with E-state index in [-0.39, 0.29) is 12.5 Å². The lowest BCUT2D eigenvalue weighted by Gasteiger charge is -2.23. The average Bonchev–Trinajstić information content (AvgIpc) is 2.74. The van der Waals surface area contributed by atoms with Crippen LogP contribution in [-0.4, -0.2) is 20.6 Å². The van der Waals surface area contributed by atoms with E-state index in [2.05, 4.69) is 11.4 Å². The van der Waals surface area contributed by atoms with Crippen molar-refractivity contribution in [3.05, 3.63) is 95.1 Å². The Morgan fingerprint density at radius 1 is 0.935 bits per heavy atom. The number of anilines is 2. The fourth-order valence-electron chi connectivity index (χ4n) is 3.04. The number of carbonyl (C=O) groups excluding carboxylic acids is 1. The van der Waals surface area contributed by atoms with Crippen molar-refractivity contribution in [2.24, 2.45) is 0 Å². The third-order valence-electron chi connectivity index (χ3n) is 4.76. The number of amides is 1. The quantitative estimate of drug-likeness (QED) is 0.602. The maximum absolute atomic E-state index is 12.5. The van der Waals surface area contributed by atoms with Gasteiger partial charge in [-0.15, -0.1) is 0 Å². The maximum Gasteiger partial charge on any atom is 0.255 e. The first kappa shape index (κ1) is 22.1. The Bertz CT molecular complexity index is 1190. The van der Waals surface area contributed by atoms with Gasteiger partial charge in [0.2, 0.25) is 10.0 Å². The largest absolute Gasteiger partial charge is 0.322 e. The number of hydrogen-bond donors (Lipinski definition) is 1. The first-order valence-corrected chi connectivity index (χ1v) is 11.5. The molecule has 158 valence electrons. The predicted molar refractivity (Wildman–Crippen MR) is 122 cm³/mol. The molecule has 3 rings (SSSR count). The minimum atomic E-state index is -3.51. The van der Waals surface area contributed by atoms with E-state index in [1.54, 1.807) is 48.5 Å². The lowest BCUT2D eigenvalue weighted by atomic mass is 10.1. The Morgan fingerprint density at radius 2 is 1.52 bits per heavy atom. The lowest BCUT2D eigenvalue weighted by molar-refractivity contribution is 0.102. The summed E-state index contributed by atoms with van der Waals surface area (Å²) in [6, 6.07) is 23.3. The van der Waals surface area contributed by atoms with Crippen molar-refractivity contribution in [2.75, 3.05) is 15.9 Å². The Hall–Kier alpha value is -3.63. The van der Waals surface area contributed by atoms with E-state index < -0.39 is 10.0 Å². The molecular formula is C24H23N3O3S. The number of nitriles is 1. The molecule has 0 aliphatic carbocycles. The summed E-state index contributed by atoms with van der Waals surface area (Å²) < 4.78 is 26.0. The average molecular weight is 434 g/mol. The minimum Gasteiger partial charge on any atom is -0.322 e. The zero-order valence-electron chi connectivity index (χ0n) is 17.4. The number of nitrogens with zero attached hydrogens (tertiary/aromatic N) is 2. The highest BCUT2D eigenvalue weighted by Gasteiger charge is 2.18. The Morgan fingerprint density at radius 3 is 2.06 bits per heavy atom. The molecule has 7 heteroatoms. The number of benzene rings is 3. The second-order valence-electron chi connectivity index (χ2n) is 7.29. The van der Waals surface area contributed by atoms with Crippen LogP contribution in [0, 0.1) is 18.3 Å². The summed E-state index contributed by atoms with van der Waals surface area (Å²) in [5.41, 5.74) is 4.36. The van der Waals surface area contributed by atoms with Gasteiger partial charge < -0.3 is 5.32 Å². The molecule has 1 N–H and O–H groups in total. The molecule has 0 radical (unpaired) electrons. The van der Waals surface area contributed by atoms with Crippen LogP contribution in [-0.2, 0) is 23.0 Å². The van der Waals surface area contributed by atoms with Crippen molar-refractivity contribution >= 4 is 27.3 Å². The second-order valence-corrected chi connectivity index (χ2v) is 9.19. The molecule has 0 heterocycles. The molecule has 0 aliphatic heterocycles. The van der Waals surface area contributed by atoms with E-state index in [1.165, 1.54) is 4.31 Å². The van der Waals surface area contributed by atoms with Gasteiger partial charge in [0.1, 0.15) is 0 Å². The van der Waals surface area contributed by atoms with Crippen molar-refractivity contribution in [2.45, 2.75) is 19.9 Å². The van der Waals surface area contributed by atoms with Crippen LogP contribution in [0.2, 0.25) is 0 Å². The lowest BCUT2D eigenvalue weighted by Crippen LogP contribution is -2.29. The van der Waals surface area contributed by atoms with Crippen LogP contribution in [0.25, 0.3) is 0 Å². The molecule has 3 aromatic carbocycles. The highest BCUT2D eigenvalue weighted by molar-refractivity contribution is 7.92. The van der Waals surface area contributed by atoms with Gasteiger partial charge in [0.05, 0.1) is 31.0 Å². The fraction of sp³-hybridized carbons (Fsp3) is 0.167. The third kappa shape index (κ3) is 5.93. The Labute approximate surface area is 182 Å². The minimum absolute atomic E-state index is 0.208. The Kier molecular flexibility index (Phi) is 6.73. The molecule has 0 saturated heterocycles. The monoisotopic (exact) mass is 433 g/mol. The van der Waals surface area contributed by atoms with Gasteiger partial charge in [-0.1, -0.05) is 42.0 Å². The summed E-state index contributed by atoms with van der Waals surface area (Å²) in [5.74, 6) is -0.302. The van der Waals surface area contributed by atoms with Crippen LogP contribution in [0.4, 0.5) is 11.4 Å². The molecule has 0 bridgehead atoms. The van der Waals surface area contributed by atoms with Crippen LogP contribution >= 0.6 is 0 Å². The number of sulfonamides is 1. The van der Waals surface area contributed by atoms with Crippen molar-refractivity contribution in [1.82, 2.24) is 0 Å². The summed E-state index contributed by atoms with van der Waals surface area (Å²) in [4.78, 5) is 12.5. The van der Waals surface area contributed by atoms with E-state index in [0.29, 0.717) is 23.4 Å². The Balaban J connectivity index is 1.75. The van der Waals surface area contributed by atoms with E-state index in [0.717, 1.165) is 22.9 Å². The van der Waals surface area contributed by atoms with Gasteiger partial charge in [0.25, 0.3) is 5.91 Å². The molecule has 1 amide bonds. The zero-order valence-corrected chi connectivity index (χ0v) is 18.2. The van der Waals surface area contributed by atoms with Crippen LogP contribution in [0.3, 0.4) is 0 Å². The first-order valence-electron chi connectivity index (χ1n) is 9.67. The molecule has 31 heavy (non-hydrogen) atoms. The van der Waals surface area contributed by atoms with Crippen LogP contribution in [0.1, 0.15) is 27.0 Å². The molecule has 0 atom stereocenters. The topological polar surface area (TPSA) is 90.3 Å². The van der Waals surface area contributed by atoms with E-state index in [4.69, 9.17) is 5.26 Å². The molecule has 6 nitrogen and oxygen atoms in total. The predicted octanol–water partition coefficient (Wildman–Crippen LogP) is 4.28. The van der Waals surface area contributed by atoms with Crippen molar-refractivity contribution < 1.29 is 13.2 Å². The summed E-state index contributed by atoms with van der Waals surface area (Å²) in [7, 11) is -3.51. The number of nitrogens with one attached hydrogen (secondary N) is 1. The van der Waals surface area contributed by atoms with Crippen molar-refractivity contribution in [3.63, 3.8) is 0 Å². The van der Waals surface area contributed by atoms with Gasteiger partial charge in [-0.25, -0.2) is 8.42 Å². The highest BCUT2D eigenvalue weighted by Crippen LogP contribution is 2.22. The fourth-order valence-corrected chi connectivity index (χ4v) is 3.93. The van der Waals surface area contributed by atoms with Crippen LogP contribution < -0.4 is 9.62 Å². The van der Waals surface area contributed by atoms with E-state index in [9.17, 15) is 13.2 Å². The number of carbonyl (C=O) groups is 1. The molecule has 0 spiro atoms. The first-order chi connectivity index (χ1) is 14.8. The normalized spacial score (nSPS) is 10.9. The number of hydrogen-bond acceptors (Lipinski definition) is 4. The van der Waals surface area contributed by atoms with E-state index in [1.807, 2.05) is 31.2 Å². The van der Waals surface area contributed by atoms with Crippen molar-refractivity contribution in [1.29, 1.82) is 5.26 Å². The van der Waals surface area contributed by atoms with Crippen molar-refractivity contribution in [3.8, 4) is 6.07 Å². The maximum atomic E-state index is 12.5. The molecule has 0 aromatic heterocycles. The molecule has 0 saturated carbocycles. The van der Waals surface area contributed by atoms with E-state index >= 15 is 0 Å². The smallest absolute Gasteiger partial charge is 0.255 e. The number of rotatable bonds is 7. The molecule has 3 aromatic rings. The van der Waals surface area contributed by atoms with Crippen LogP contribution in [0.5, 0.6) is 0 Å². The van der Waals surface area contributed by atoms with Gasteiger partial charge in [-0.2, -0.15) is 5.26 Å². The van der Waals surface area contributed by atoms with Gasteiger partial charge >= 0.3 is 0 Å². The number of aryl methyl sites for hydroxylation is 1. The molecular weight excluding hydrogens is 410 g/mol. The van der Waals surface area contributed by atoms with Gasteiger partial charge in [0, 0.05) is 11.3 Å². The third-order valence-corrected chi connectivity index (χ3v) is 5.90. The van der Waals surface area contributed by atoms with Gasteiger partial charge in [-0.05, 0) is 54.4 Å². The summed E-state index contributed by atoms with van der Waals surface area (Å²) >= 11 is 0. The summed E-state index contributed by atoms with van der Waals surface area (Å²) in [5, 5.41) is 11.5. The molecule has 0 aliphatic rings. The molecule has 0 unspecified atom stereocenters. The summed E-state index contributed by atoms with van der Waals surface area (Å²) in [6.07, 6.45) is 1.48. The molecule has 0 fully saturated rings. The van der Waals surface area contributed by atoms with Gasteiger partial charge in [-0.3, -0.25) is 9.10 Å². The SMILES string of the molecule is Cc1ccc(CN(c2ccc(C(=O)Nc3ccc(CC#N)cc3)cc2)S(C)(=O)=O)cc1. The summed E-state index contributed by atoms with van der Waals surface area (Å²) in [6.45, 7) is 2.18. The van der Waals surface area contributed by atoms with Crippen LogP contribution in [0.15, 0.2) is 72.8 Å². The standard InChI is InChI=1S/C24H23N3O3S/c1-18-3-5-20(6-4-18)17-27(31(2,29)30)23-13-9-21(10-14-23)24(28)26-22-11-7-19(8-12-22)15-16-25/h3-14H,15,17H2,1-2H3,(H,26,28). The highest BCUT2D eigenvalue weighted by atomic mass is 32.2. The van der Waals surface area contributed by atoms with Gasteiger partial charge in [0.15, 0.2) is 0 Å². The zero-order chi connectivity index (χ0) is 22.4.